The van der Waals surface area contributed by atoms with Gasteiger partial charge in [0.25, 0.3) is 5.91 Å². The third kappa shape index (κ3) is 2.91. The lowest BCUT2D eigenvalue weighted by molar-refractivity contribution is 0.0988. The lowest BCUT2D eigenvalue weighted by atomic mass is 9.96. The molecule has 1 unspecified atom stereocenters. The zero-order valence-electron chi connectivity index (χ0n) is 15.1. The summed E-state index contributed by atoms with van der Waals surface area (Å²) in [5, 5.41) is 7.89. The van der Waals surface area contributed by atoms with E-state index in [1.165, 1.54) is 12.1 Å². The van der Waals surface area contributed by atoms with E-state index in [1.807, 2.05) is 36.4 Å². The number of halogens is 2. The molecule has 1 aliphatic heterocycles. The van der Waals surface area contributed by atoms with E-state index in [2.05, 4.69) is 10.2 Å². The summed E-state index contributed by atoms with van der Waals surface area (Å²) >= 11 is 6.03. The van der Waals surface area contributed by atoms with Gasteiger partial charge in [0.1, 0.15) is 11.5 Å². The minimum absolute atomic E-state index is 0.216. The first-order valence-electron chi connectivity index (χ1n) is 9.12. The van der Waals surface area contributed by atoms with Gasteiger partial charge in [0.15, 0.2) is 0 Å². The zero-order valence-corrected chi connectivity index (χ0v) is 15.9. The standard InChI is InChI=1S/C23H15ClFN3O/c24-16-9-11-18(12-10-16)28-22(15-7-4-8-17(25)13-15)19-20(14-5-2-1-3-6-14)26-27-21(19)23(28)29/h1-13,22H,(H,26,27). The third-order valence-corrected chi connectivity index (χ3v) is 5.34. The normalized spacial score (nSPS) is 15.6. The molecular weight excluding hydrogens is 389 g/mol. The summed E-state index contributed by atoms with van der Waals surface area (Å²) in [6.45, 7) is 0. The van der Waals surface area contributed by atoms with Gasteiger partial charge < -0.3 is 0 Å². The Bertz CT molecular complexity index is 1200. The lowest BCUT2D eigenvalue weighted by Crippen LogP contribution is -2.29. The van der Waals surface area contributed by atoms with Crippen molar-refractivity contribution in [2.75, 3.05) is 4.90 Å². The molecule has 1 aromatic heterocycles. The molecule has 4 nitrogen and oxygen atoms in total. The Morgan fingerprint density at radius 1 is 0.966 bits per heavy atom. The Balaban J connectivity index is 1.74. The molecule has 3 aromatic carbocycles. The fourth-order valence-corrected chi connectivity index (χ4v) is 3.95. The van der Waals surface area contributed by atoms with E-state index in [0.717, 1.165) is 11.1 Å². The van der Waals surface area contributed by atoms with E-state index in [4.69, 9.17) is 11.6 Å². The summed E-state index contributed by atoms with van der Waals surface area (Å²) in [6.07, 6.45) is 0. The number of anilines is 1. The van der Waals surface area contributed by atoms with Crippen molar-refractivity contribution in [3.05, 3.63) is 107 Å². The highest BCUT2D eigenvalue weighted by molar-refractivity contribution is 6.30. The quantitative estimate of drug-likeness (QED) is 0.482. The van der Waals surface area contributed by atoms with E-state index in [0.29, 0.717) is 27.7 Å². The van der Waals surface area contributed by atoms with Gasteiger partial charge in [-0.2, -0.15) is 5.10 Å². The average Bonchev–Trinajstić information content (AvgIpc) is 3.28. The molecule has 1 N–H and O–H groups in total. The van der Waals surface area contributed by atoms with Crippen LogP contribution in [-0.4, -0.2) is 16.1 Å². The minimum atomic E-state index is -0.511. The van der Waals surface area contributed by atoms with Crippen molar-refractivity contribution in [1.29, 1.82) is 0 Å². The molecule has 0 saturated heterocycles. The van der Waals surface area contributed by atoms with Crippen LogP contribution in [0.1, 0.15) is 27.7 Å². The van der Waals surface area contributed by atoms with Gasteiger partial charge in [0, 0.05) is 21.8 Å². The maximum Gasteiger partial charge on any atom is 0.277 e. The minimum Gasteiger partial charge on any atom is -0.295 e. The second-order valence-electron chi connectivity index (χ2n) is 6.84. The van der Waals surface area contributed by atoms with Gasteiger partial charge in [-0.3, -0.25) is 14.8 Å². The van der Waals surface area contributed by atoms with Crippen LogP contribution in [0.3, 0.4) is 0 Å². The van der Waals surface area contributed by atoms with Crippen molar-refractivity contribution >= 4 is 23.2 Å². The van der Waals surface area contributed by atoms with Crippen molar-refractivity contribution in [2.45, 2.75) is 6.04 Å². The van der Waals surface area contributed by atoms with Crippen LogP contribution in [0.2, 0.25) is 5.02 Å². The molecular formula is C23H15ClFN3O. The highest BCUT2D eigenvalue weighted by Crippen LogP contribution is 2.45. The number of H-pyrrole nitrogens is 1. The molecule has 0 radical (unpaired) electrons. The molecule has 0 aliphatic carbocycles. The van der Waals surface area contributed by atoms with Gasteiger partial charge in [-0.1, -0.05) is 54.1 Å². The van der Waals surface area contributed by atoms with Crippen molar-refractivity contribution in [3.8, 4) is 11.3 Å². The number of hydrogen-bond acceptors (Lipinski definition) is 2. The number of rotatable bonds is 3. The molecule has 5 rings (SSSR count). The van der Waals surface area contributed by atoms with Gasteiger partial charge in [0.2, 0.25) is 0 Å². The number of amides is 1. The molecule has 6 heteroatoms. The van der Waals surface area contributed by atoms with Crippen molar-refractivity contribution in [2.24, 2.45) is 0 Å². The predicted molar refractivity (Wildman–Crippen MR) is 111 cm³/mol. The van der Waals surface area contributed by atoms with Crippen LogP contribution in [-0.2, 0) is 0 Å². The van der Waals surface area contributed by atoms with Crippen LogP contribution >= 0.6 is 11.6 Å². The summed E-state index contributed by atoms with van der Waals surface area (Å²) in [7, 11) is 0. The van der Waals surface area contributed by atoms with E-state index < -0.39 is 6.04 Å². The van der Waals surface area contributed by atoms with Gasteiger partial charge in [0.05, 0.1) is 11.7 Å². The number of benzene rings is 3. The Kier molecular flexibility index (Phi) is 4.18. The number of aromatic amines is 1. The van der Waals surface area contributed by atoms with E-state index in [-0.39, 0.29) is 11.7 Å². The first kappa shape index (κ1) is 17.6. The fourth-order valence-electron chi connectivity index (χ4n) is 3.82. The summed E-state index contributed by atoms with van der Waals surface area (Å²) < 4.78 is 14.1. The molecule has 1 amide bonds. The van der Waals surface area contributed by atoms with Crippen molar-refractivity contribution < 1.29 is 9.18 Å². The van der Waals surface area contributed by atoms with E-state index >= 15 is 0 Å². The molecule has 0 bridgehead atoms. The Labute approximate surface area is 171 Å². The number of nitrogens with zero attached hydrogens (tertiary/aromatic N) is 2. The van der Waals surface area contributed by atoms with E-state index in [1.54, 1.807) is 35.2 Å². The number of aromatic nitrogens is 2. The van der Waals surface area contributed by atoms with Gasteiger partial charge >= 0.3 is 0 Å². The van der Waals surface area contributed by atoms with E-state index in [9.17, 15) is 9.18 Å². The third-order valence-electron chi connectivity index (χ3n) is 5.08. The second-order valence-corrected chi connectivity index (χ2v) is 7.27. The maximum atomic E-state index is 14.1. The number of fused-ring (bicyclic) bond motifs is 1. The van der Waals surface area contributed by atoms with Crippen LogP contribution < -0.4 is 4.90 Å². The Morgan fingerprint density at radius 2 is 1.72 bits per heavy atom. The highest BCUT2D eigenvalue weighted by atomic mass is 35.5. The lowest BCUT2D eigenvalue weighted by Gasteiger charge is -2.26. The van der Waals surface area contributed by atoms with Crippen LogP contribution in [0.4, 0.5) is 10.1 Å². The summed E-state index contributed by atoms with van der Waals surface area (Å²) in [5.41, 5.74) is 4.06. The predicted octanol–water partition coefficient (Wildman–Crippen LogP) is 5.62. The number of nitrogens with one attached hydrogen (secondary N) is 1. The number of hydrogen-bond donors (Lipinski definition) is 1. The molecule has 0 fully saturated rings. The SMILES string of the molecule is O=C1c2[nH]nc(-c3ccccc3)c2C(c2cccc(F)c2)N1c1ccc(Cl)cc1. The highest BCUT2D eigenvalue weighted by Gasteiger charge is 2.43. The molecule has 4 aromatic rings. The van der Waals surface area contributed by atoms with Crippen LogP contribution in [0.15, 0.2) is 78.9 Å². The Morgan fingerprint density at radius 3 is 2.45 bits per heavy atom. The summed E-state index contributed by atoms with van der Waals surface area (Å²) in [5.74, 6) is -0.574. The summed E-state index contributed by atoms with van der Waals surface area (Å²) in [6, 6.07) is 22.5. The van der Waals surface area contributed by atoms with Gasteiger partial charge in [-0.25, -0.2) is 4.39 Å². The fraction of sp³-hybridized carbons (Fsp3) is 0.0435. The first-order chi connectivity index (χ1) is 14.1. The average molecular weight is 404 g/mol. The Hall–Kier alpha value is -3.44. The number of carbonyl (C=O) groups excluding carboxylic acids is 1. The molecule has 0 spiro atoms. The molecule has 1 atom stereocenters. The first-order valence-corrected chi connectivity index (χ1v) is 9.49. The van der Waals surface area contributed by atoms with Crippen LogP contribution in [0.25, 0.3) is 11.3 Å². The molecule has 2 heterocycles. The summed E-state index contributed by atoms with van der Waals surface area (Å²) in [4.78, 5) is 15.0. The second kappa shape index (κ2) is 6.87. The zero-order chi connectivity index (χ0) is 20.0. The molecule has 0 saturated carbocycles. The van der Waals surface area contributed by atoms with Gasteiger partial charge in [-0.05, 0) is 42.0 Å². The largest absolute Gasteiger partial charge is 0.295 e. The van der Waals surface area contributed by atoms with Gasteiger partial charge in [-0.15, -0.1) is 0 Å². The molecule has 1 aliphatic rings. The van der Waals surface area contributed by atoms with Crippen LogP contribution in [0.5, 0.6) is 0 Å². The van der Waals surface area contributed by atoms with Crippen molar-refractivity contribution in [1.82, 2.24) is 10.2 Å². The smallest absolute Gasteiger partial charge is 0.277 e. The monoisotopic (exact) mass is 403 g/mol. The van der Waals surface area contributed by atoms with Crippen LogP contribution in [0, 0.1) is 5.82 Å². The topological polar surface area (TPSA) is 49.0 Å². The molecule has 142 valence electrons. The maximum absolute atomic E-state index is 14.1. The number of carbonyl (C=O) groups is 1. The van der Waals surface area contributed by atoms with Crippen molar-refractivity contribution in [3.63, 3.8) is 0 Å². The molecule has 29 heavy (non-hydrogen) atoms.